The fourth-order valence-corrected chi connectivity index (χ4v) is 4.07. The lowest BCUT2D eigenvalue weighted by atomic mass is 10.1. The van der Waals surface area contributed by atoms with Crippen LogP contribution in [0.3, 0.4) is 0 Å². The largest absolute Gasteiger partial charge is 0.464 e. The minimum absolute atomic E-state index is 0.0637. The molecular formula is C23H20ClN3O4S. The monoisotopic (exact) mass is 469 g/mol. The van der Waals surface area contributed by atoms with E-state index >= 15 is 0 Å². The van der Waals surface area contributed by atoms with Gasteiger partial charge in [0.1, 0.15) is 17.3 Å². The SMILES string of the molecule is Cc1ccc(N(C(=O)c2cn(Cc3ccc(-c4ccco4)cc3Cl)c(C)n2)S(=O)O)cc1. The fourth-order valence-electron chi connectivity index (χ4n) is 3.29. The van der Waals surface area contributed by atoms with Crippen molar-refractivity contribution in [1.29, 1.82) is 0 Å². The van der Waals surface area contributed by atoms with Crippen LogP contribution in [0.25, 0.3) is 11.3 Å². The van der Waals surface area contributed by atoms with Crippen molar-refractivity contribution in [3.8, 4) is 11.3 Å². The predicted octanol–water partition coefficient (Wildman–Crippen LogP) is 5.25. The van der Waals surface area contributed by atoms with E-state index in [-0.39, 0.29) is 5.69 Å². The van der Waals surface area contributed by atoms with E-state index < -0.39 is 17.2 Å². The number of anilines is 1. The van der Waals surface area contributed by atoms with Gasteiger partial charge in [0.25, 0.3) is 17.2 Å². The Morgan fingerprint density at radius 2 is 1.94 bits per heavy atom. The molecule has 2 heterocycles. The van der Waals surface area contributed by atoms with Gasteiger partial charge in [-0.1, -0.05) is 41.4 Å². The summed E-state index contributed by atoms with van der Waals surface area (Å²) in [6.45, 7) is 4.04. The average molecular weight is 470 g/mol. The molecule has 0 bridgehead atoms. The number of hydrogen-bond acceptors (Lipinski definition) is 4. The number of rotatable bonds is 6. The van der Waals surface area contributed by atoms with Gasteiger partial charge in [0.15, 0.2) is 0 Å². The minimum Gasteiger partial charge on any atom is -0.464 e. The van der Waals surface area contributed by atoms with Crippen molar-refractivity contribution in [2.24, 2.45) is 0 Å². The molecule has 1 atom stereocenters. The molecule has 164 valence electrons. The summed E-state index contributed by atoms with van der Waals surface area (Å²) in [5.41, 5.74) is 3.04. The zero-order valence-corrected chi connectivity index (χ0v) is 18.9. The summed E-state index contributed by atoms with van der Waals surface area (Å²) < 4.78 is 29.6. The Bertz CT molecular complexity index is 1280. The van der Waals surface area contributed by atoms with E-state index in [4.69, 9.17) is 16.0 Å². The van der Waals surface area contributed by atoms with Crippen LogP contribution in [0.1, 0.15) is 27.4 Å². The first-order chi connectivity index (χ1) is 15.3. The summed E-state index contributed by atoms with van der Waals surface area (Å²) in [4.78, 5) is 17.3. The van der Waals surface area contributed by atoms with Crippen molar-refractivity contribution in [3.63, 3.8) is 0 Å². The molecule has 4 rings (SSSR count). The van der Waals surface area contributed by atoms with Crippen LogP contribution in [0, 0.1) is 13.8 Å². The van der Waals surface area contributed by atoms with Gasteiger partial charge in [-0.05, 0) is 49.7 Å². The van der Waals surface area contributed by atoms with Crippen molar-refractivity contribution in [2.75, 3.05) is 4.31 Å². The predicted molar refractivity (Wildman–Crippen MR) is 124 cm³/mol. The van der Waals surface area contributed by atoms with E-state index in [9.17, 15) is 13.6 Å². The fraction of sp³-hybridized carbons (Fsp3) is 0.130. The number of aryl methyl sites for hydroxylation is 2. The molecular weight excluding hydrogens is 450 g/mol. The number of halogens is 1. The molecule has 0 saturated heterocycles. The summed E-state index contributed by atoms with van der Waals surface area (Å²) in [6.07, 6.45) is 3.16. The summed E-state index contributed by atoms with van der Waals surface area (Å²) in [5, 5.41) is 0.553. The number of aromatic nitrogens is 2. The molecule has 2 aromatic heterocycles. The van der Waals surface area contributed by atoms with Gasteiger partial charge in [-0.3, -0.25) is 9.35 Å². The molecule has 2 aromatic carbocycles. The third-order valence-corrected chi connectivity index (χ3v) is 6.04. The molecule has 0 aliphatic rings. The lowest BCUT2D eigenvalue weighted by Gasteiger charge is -2.16. The zero-order valence-electron chi connectivity index (χ0n) is 17.4. The number of imidazole rings is 1. The normalized spacial score (nSPS) is 12.0. The number of nitrogens with zero attached hydrogens (tertiary/aromatic N) is 3. The second kappa shape index (κ2) is 9.12. The standard InChI is InChI=1S/C23H20ClN3O4S/c1-15-5-9-19(10-6-15)27(32(29)30)23(28)21-14-26(16(2)25-21)13-18-8-7-17(12-20(18)24)22-4-3-11-31-22/h3-12,14H,13H2,1-2H3,(H,29,30). The molecule has 0 spiro atoms. The second-order valence-corrected chi connectivity index (χ2v) is 8.48. The van der Waals surface area contributed by atoms with Gasteiger partial charge in [0.2, 0.25) is 0 Å². The van der Waals surface area contributed by atoms with Crippen LogP contribution in [0.2, 0.25) is 5.02 Å². The molecule has 1 amide bonds. The van der Waals surface area contributed by atoms with Gasteiger partial charge in [-0.15, -0.1) is 0 Å². The van der Waals surface area contributed by atoms with Crippen LogP contribution in [-0.4, -0.2) is 24.2 Å². The van der Waals surface area contributed by atoms with Crippen LogP contribution in [0.15, 0.2) is 71.5 Å². The maximum atomic E-state index is 13.0. The van der Waals surface area contributed by atoms with Crippen LogP contribution in [0.4, 0.5) is 5.69 Å². The zero-order chi connectivity index (χ0) is 22.8. The number of carbonyl (C=O) groups excluding carboxylic acids is 1. The lowest BCUT2D eigenvalue weighted by molar-refractivity contribution is 0.100. The van der Waals surface area contributed by atoms with Crippen molar-refractivity contribution in [1.82, 2.24) is 9.55 Å². The highest BCUT2D eigenvalue weighted by Gasteiger charge is 2.25. The molecule has 9 heteroatoms. The van der Waals surface area contributed by atoms with Crippen LogP contribution < -0.4 is 4.31 Å². The van der Waals surface area contributed by atoms with Gasteiger partial charge in [0.05, 0.1) is 18.5 Å². The van der Waals surface area contributed by atoms with Gasteiger partial charge in [0, 0.05) is 16.8 Å². The van der Waals surface area contributed by atoms with Gasteiger partial charge in [-0.2, -0.15) is 0 Å². The smallest absolute Gasteiger partial charge is 0.292 e. The van der Waals surface area contributed by atoms with Crippen LogP contribution >= 0.6 is 11.6 Å². The number of furan rings is 1. The third-order valence-electron chi connectivity index (χ3n) is 5.00. The molecule has 0 fully saturated rings. The Morgan fingerprint density at radius 1 is 1.19 bits per heavy atom. The molecule has 0 radical (unpaired) electrons. The van der Waals surface area contributed by atoms with Crippen molar-refractivity contribution < 1.29 is 18.0 Å². The number of amides is 1. The van der Waals surface area contributed by atoms with E-state index in [2.05, 4.69) is 4.98 Å². The summed E-state index contributed by atoms with van der Waals surface area (Å²) in [6, 6.07) is 16.0. The summed E-state index contributed by atoms with van der Waals surface area (Å²) in [5.74, 6) is 0.626. The third kappa shape index (κ3) is 4.52. The maximum Gasteiger partial charge on any atom is 0.292 e. The van der Waals surface area contributed by atoms with Gasteiger partial charge < -0.3 is 8.98 Å². The maximum absolute atomic E-state index is 13.0. The first-order valence-electron chi connectivity index (χ1n) is 9.71. The van der Waals surface area contributed by atoms with E-state index in [1.807, 2.05) is 37.3 Å². The van der Waals surface area contributed by atoms with E-state index in [0.717, 1.165) is 26.8 Å². The van der Waals surface area contributed by atoms with E-state index in [0.29, 0.717) is 23.1 Å². The van der Waals surface area contributed by atoms with Crippen molar-refractivity contribution in [3.05, 3.63) is 94.7 Å². The molecule has 0 aliphatic heterocycles. The second-order valence-electron chi connectivity index (χ2n) is 7.25. The Morgan fingerprint density at radius 3 is 2.56 bits per heavy atom. The molecule has 1 N–H and O–H groups in total. The Kier molecular flexibility index (Phi) is 6.27. The van der Waals surface area contributed by atoms with Gasteiger partial charge in [-0.25, -0.2) is 13.5 Å². The molecule has 32 heavy (non-hydrogen) atoms. The lowest BCUT2D eigenvalue weighted by Crippen LogP contribution is -2.32. The van der Waals surface area contributed by atoms with Crippen molar-refractivity contribution in [2.45, 2.75) is 20.4 Å². The topological polar surface area (TPSA) is 88.6 Å². The highest BCUT2D eigenvalue weighted by Crippen LogP contribution is 2.27. The minimum atomic E-state index is -2.54. The highest BCUT2D eigenvalue weighted by molar-refractivity contribution is 7.81. The Labute approximate surface area is 192 Å². The Hall–Kier alpha value is -3.20. The number of benzene rings is 2. The number of carbonyl (C=O) groups is 1. The molecule has 4 aromatic rings. The Balaban J connectivity index is 1.59. The van der Waals surface area contributed by atoms with E-state index in [1.165, 1.54) is 0 Å². The highest BCUT2D eigenvalue weighted by atomic mass is 35.5. The number of hydrogen-bond donors (Lipinski definition) is 1. The van der Waals surface area contributed by atoms with Crippen molar-refractivity contribution >= 4 is 34.5 Å². The molecule has 0 saturated carbocycles. The van der Waals surface area contributed by atoms with E-state index in [1.54, 1.807) is 48.2 Å². The molecule has 1 unspecified atom stereocenters. The summed E-state index contributed by atoms with van der Waals surface area (Å²) >= 11 is 3.94. The van der Waals surface area contributed by atoms with Crippen LogP contribution in [-0.2, 0) is 17.8 Å². The first kappa shape index (κ1) is 22.0. The average Bonchev–Trinajstić information content (AvgIpc) is 3.41. The van der Waals surface area contributed by atoms with Crippen LogP contribution in [0.5, 0.6) is 0 Å². The quantitative estimate of drug-likeness (QED) is 0.390. The molecule has 0 aliphatic carbocycles. The first-order valence-corrected chi connectivity index (χ1v) is 11.2. The molecule has 7 nitrogen and oxygen atoms in total. The summed E-state index contributed by atoms with van der Waals surface area (Å²) in [7, 11) is 0. The van der Waals surface area contributed by atoms with Gasteiger partial charge >= 0.3 is 0 Å².